The zero-order chi connectivity index (χ0) is 38.2. The molecular weight excluding hydrogens is 652 g/mol. The lowest BCUT2D eigenvalue weighted by atomic mass is 9.33. The van der Waals surface area contributed by atoms with Gasteiger partial charge in [-0.2, -0.15) is 0 Å². The lowest BCUT2D eigenvalue weighted by Gasteiger charge is -2.72. The third-order valence-electron chi connectivity index (χ3n) is 16.2. The summed E-state index contributed by atoms with van der Waals surface area (Å²) >= 11 is 0. The van der Waals surface area contributed by atoms with E-state index in [0.29, 0.717) is 24.8 Å². The van der Waals surface area contributed by atoms with E-state index in [1.54, 1.807) is 20.0 Å². The molecule has 1 aromatic heterocycles. The van der Waals surface area contributed by atoms with Crippen molar-refractivity contribution in [3.8, 4) is 0 Å². The number of aromatic nitrogens is 1. The molecule has 5 aliphatic carbocycles. The number of fused-ring (bicyclic) bond motifs is 7. The minimum absolute atomic E-state index is 0.0139. The van der Waals surface area contributed by atoms with Crippen LogP contribution in [0, 0.1) is 56.2 Å². The van der Waals surface area contributed by atoms with Crippen molar-refractivity contribution in [3.63, 3.8) is 0 Å². The van der Waals surface area contributed by atoms with Gasteiger partial charge in [-0.05, 0) is 130 Å². The topological polar surface area (TPSA) is 126 Å². The van der Waals surface area contributed by atoms with Crippen LogP contribution in [0.1, 0.15) is 145 Å². The Morgan fingerprint density at radius 2 is 1.67 bits per heavy atom. The summed E-state index contributed by atoms with van der Waals surface area (Å²) in [7, 11) is 0. The standard InChI is InChI=1S/C44H66N2O6/c1-26(2)36-30(47)23-44(33(48)25-46-27(3)29-13-11-12-22-45-29)21-20-42(9)28(37(36)44)14-15-32-41(8)18-17-34(52-35(49)24-39(4,5)38(50)51)40(6,7)31(41)16-19-43(32,42)10/h11-13,22,26-28,31-34,46,48H,14-21,23-25H2,1-10H3,(H,50,51)/t27?,28-,31+,32?,33-,34+,41+,42-,43-,44+/m1/s1. The van der Waals surface area contributed by atoms with Crippen molar-refractivity contribution in [2.24, 2.45) is 56.2 Å². The molecule has 3 N–H and O–H groups in total. The van der Waals surface area contributed by atoms with Crippen LogP contribution in [0.3, 0.4) is 0 Å². The Morgan fingerprint density at radius 1 is 0.962 bits per heavy atom. The second-order valence-electron chi connectivity index (χ2n) is 20.0. The van der Waals surface area contributed by atoms with E-state index < -0.39 is 28.9 Å². The summed E-state index contributed by atoms with van der Waals surface area (Å²) in [5, 5.41) is 25.4. The second-order valence-corrected chi connectivity index (χ2v) is 20.0. The highest BCUT2D eigenvalue weighted by Crippen LogP contribution is 2.77. The number of aliphatic hydroxyl groups is 1. The minimum atomic E-state index is -1.16. The highest BCUT2D eigenvalue weighted by Gasteiger charge is 2.70. The fraction of sp³-hybridized carbons (Fsp3) is 0.773. The number of carbonyl (C=O) groups is 3. The van der Waals surface area contributed by atoms with Crippen molar-refractivity contribution >= 4 is 17.7 Å². The number of ketones is 1. The van der Waals surface area contributed by atoms with E-state index in [2.05, 4.69) is 65.7 Å². The van der Waals surface area contributed by atoms with E-state index in [1.807, 2.05) is 18.2 Å². The van der Waals surface area contributed by atoms with Gasteiger partial charge >= 0.3 is 11.9 Å². The summed E-state index contributed by atoms with van der Waals surface area (Å²) in [5.74, 6) is 0.0333. The molecule has 10 atom stereocenters. The maximum atomic E-state index is 14.1. The monoisotopic (exact) mass is 718 g/mol. The Kier molecular flexibility index (Phi) is 10.0. The number of allylic oxidation sites excluding steroid dienone is 1. The van der Waals surface area contributed by atoms with Gasteiger partial charge < -0.3 is 20.3 Å². The average molecular weight is 719 g/mol. The molecule has 4 saturated carbocycles. The molecule has 52 heavy (non-hydrogen) atoms. The number of rotatable bonds is 10. The Hall–Kier alpha value is -2.58. The maximum absolute atomic E-state index is 14.1. The molecule has 8 nitrogen and oxygen atoms in total. The predicted octanol–water partition coefficient (Wildman–Crippen LogP) is 8.49. The molecule has 1 aromatic rings. The van der Waals surface area contributed by atoms with E-state index in [1.165, 1.54) is 5.57 Å². The van der Waals surface area contributed by atoms with Crippen LogP contribution in [-0.4, -0.2) is 51.7 Å². The lowest BCUT2D eigenvalue weighted by molar-refractivity contribution is -0.235. The Morgan fingerprint density at radius 3 is 2.31 bits per heavy atom. The minimum Gasteiger partial charge on any atom is -0.481 e. The molecule has 1 heterocycles. The van der Waals surface area contributed by atoms with Gasteiger partial charge in [-0.1, -0.05) is 60.1 Å². The van der Waals surface area contributed by atoms with Crippen molar-refractivity contribution in [3.05, 3.63) is 41.2 Å². The number of aliphatic carboxylic acids is 1. The Labute approximate surface area is 312 Å². The van der Waals surface area contributed by atoms with Gasteiger partial charge in [0.2, 0.25) is 0 Å². The average Bonchev–Trinajstić information content (AvgIpc) is 3.38. The summed E-state index contributed by atoms with van der Waals surface area (Å²) in [4.78, 5) is 43.4. The number of esters is 1. The Balaban J connectivity index is 1.27. The summed E-state index contributed by atoms with van der Waals surface area (Å²) < 4.78 is 6.17. The lowest BCUT2D eigenvalue weighted by Crippen LogP contribution is -2.66. The van der Waals surface area contributed by atoms with E-state index in [-0.39, 0.29) is 57.8 Å². The number of nitrogens with zero attached hydrogens (tertiary/aromatic N) is 1. The third kappa shape index (κ3) is 5.92. The molecule has 0 amide bonds. The second kappa shape index (κ2) is 13.3. The highest BCUT2D eigenvalue weighted by atomic mass is 16.5. The SMILES string of the molecule is CC(C)C1=C2[C@H]3CCC4[C@@]5(C)CC[C@H](OC(=O)CC(C)(C)C(=O)O)C(C)(C)[C@@H]5CC[C@@]4(C)[C@]3(C)CC[C@@]2([C@H](O)CNC(C)c2ccccn2)CC1=O. The number of Topliss-reactive ketones (excluding diaryl/α,β-unsaturated/α-hetero) is 1. The molecule has 8 heteroatoms. The number of aliphatic hydroxyl groups excluding tert-OH is 1. The van der Waals surface area contributed by atoms with Gasteiger partial charge in [0.15, 0.2) is 5.78 Å². The molecule has 0 spiro atoms. The van der Waals surface area contributed by atoms with Crippen LogP contribution in [0.5, 0.6) is 0 Å². The number of carbonyl (C=O) groups excluding carboxylic acids is 2. The first kappa shape index (κ1) is 39.1. The normalized spacial score (nSPS) is 38.1. The molecule has 0 radical (unpaired) electrons. The highest BCUT2D eigenvalue weighted by molar-refractivity contribution is 6.00. The van der Waals surface area contributed by atoms with Crippen molar-refractivity contribution in [2.75, 3.05) is 6.54 Å². The number of pyridine rings is 1. The fourth-order valence-electron chi connectivity index (χ4n) is 13.1. The smallest absolute Gasteiger partial charge is 0.309 e. The number of carboxylic acids is 1. The van der Waals surface area contributed by atoms with Crippen molar-refractivity contribution < 1.29 is 29.3 Å². The van der Waals surface area contributed by atoms with E-state index in [4.69, 9.17) is 4.74 Å². The summed E-state index contributed by atoms with van der Waals surface area (Å²) in [5.41, 5.74) is 1.37. The first-order valence-electron chi connectivity index (χ1n) is 20.2. The molecule has 4 fully saturated rings. The van der Waals surface area contributed by atoms with Gasteiger partial charge in [0.25, 0.3) is 0 Å². The molecule has 0 aromatic carbocycles. The van der Waals surface area contributed by atoms with E-state index >= 15 is 0 Å². The number of ether oxygens (including phenoxy) is 1. The molecular formula is C44H66N2O6. The van der Waals surface area contributed by atoms with Crippen LogP contribution in [-0.2, 0) is 19.1 Å². The van der Waals surface area contributed by atoms with Crippen LogP contribution in [0.4, 0.5) is 0 Å². The molecule has 0 bridgehead atoms. The zero-order valence-electron chi connectivity index (χ0n) is 33.6. The fourth-order valence-corrected chi connectivity index (χ4v) is 13.1. The number of carboxylic acid groups (broad SMARTS) is 1. The van der Waals surface area contributed by atoms with Crippen LogP contribution < -0.4 is 5.32 Å². The molecule has 2 unspecified atom stereocenters. The maximum Gasteiger partial charge on any atom is 0.309 e. The molecule has 0 saturated heterocycles. The van der Waals surface area contributed by atoms with Gasteiger partial charge in [-0.25, -0.2) is 0 Å². The van der Waals surface area contributed by atoms with Crippen LogP contribution in [0.2, 0.25) is 0 Å². The largest absolute Gasteiger partial charge is 0.481 e. The summed E-state index contributed by atoms with van der Waals surface area (Å²) in [6.45, 7) is 22.1. The third-order valence-corrected chi connectivity index (χ3v) is 16.2. The van der Waals surface area contributed by atoms with Gasteiger partial charge in [0, 0.05) is 36.0 Å². The van der Waals surface area contributed by atoms with Crippen molar-refractivity contribution in [1.82, 2.24) is 10.3 Å². The number of hydrogen-bond donors (Lipinski definition) is 3. The summed E-state index contributed by atoms with van der Waals surface area (Å²) in [6, 6.07) is 5.89. The summed E-state index contributed by atoms with van der Waals surface area (Å²) in [6.07, 6.45) is 8.95. The molecule has 0 aliphatic heterocycles. The van der Waals surface area contributed by atoms with Crippen molar-refractivity contribution in [2.45, 2.75) is 152 Å². The molecule has 5 aliphatic rings. The van der Waals surface area contributed by atoms with E-state index in [0.717, 1.165) is 62.6 Å². The number of hydrogen-bond acceptors (Lipinski definition) is 7. The van der Waals surface area contributed by atoms with Crippen LogP contribution >= 0.6 is 0 Å². The van der Waals surface area contributed by atoms with Gasteiger partial charge in [-0.3, -0.25) is 19.4 Å². The van der Waals surface area contributed by atoms with Crippen LogP contribution in [0.15, 0.2) is 35.5 Å². The zero-order valence-corrected chi connectivity index (χ0v) is 33.6. The quantitative estimate of drug-likeness (QED) is 0.206. The predicted molar refractivity (Wildman–Crippen MR) is 202 cm³/mol. The van der Waals surface area contributed by atoms with Gasteiger partial charge in [0.1, 0.15) is 6.10 Å². The molecule has 6 rings (SSSR count). The first-order chi connectivity index (χ1) is 24.2. The first-order valence-corrected chi connectivity index (χ1v) is 20.2. The van der Waals surface area contributed by atoms with Crippen LogP contribution in [0.25, 0.3) is 0 Å². The van der Waals surface area contributed by atoms with Crippen molar-refractivity contribution in [1.29, 1.82) is 0 Å². The molecule has 288 valence electrons. The van der Waals surface area contributed by atoms with E-state index in [9.17, 15) is 24.6 Å². The van der Waals surface area contributed by atoms with Gasteiger partial charge in [0.05, 0.1) is 23.6 Å². The Bertz CT molecular complexity index is 1600. The van der Waals surface area contributed by atoms with Gasteiger partial charge in [-0.15, -0.1) is 0 Å². The number of nitrogens with one attached hydrogen (secondary N) is 1.